The summed E-state index contributed by atoms with van der Waals surface area (Å²) in [6, 6.07) is 7.76. The number of ether oxygens (including phenoxy) is 1. The number of hydrogen-bond donors (Lipinski definition) is 0. The standard InChI is InChI=1S/C13H14BrNO/c1-3-10(8-14)6-11-4-5-13(16-2)12(7-11)9-15/h4-7H,3,8H2,1-2H3. The first-order valence-electron chi connectivity index (χ1n) is 5.08. The fraction of sp³-hybridized carbons (Fsp3) is 0.308. The third kappa shape index (κ3) is 3.11. The molecule has 0 N–H and O–H groups in total. The Morgan fingerprint density at radius 2 is 2.31 bits per heavy atom. The van der Waals surface area contributed by atoms with Crippen molar-refractivity contribution in [1.82, 2.24) is 0 Å². The lowest BCUT2D eigenvalue weighted by atomic mass is 10.1. The van der Waals surface area contributed by atoms with E-state index in [1.165, 1.54) is 5.57 Å². The summed E-state index contributed by atoms with van der Waals surface area (Å²) in [6.45, 7) is 2.11. The molecule has 0 aliphatic rings. The molecule has 1 aromatic carbocycles. The van der Waals surface area contributed by atoms with Crippen LogP contribution in [0.15, 0.2) is 23.8 Å². The minimum absolute atomic E-state index is 0.571. The third-order valence-electron chi connectivity index (χ3n) is 2.34. The minimum atomic E-state index is 0.571. The van der Waals surface area contributed by atoms with Crippen LogP contribution in [0.1, 0.15) is 24.5 Å². The van der Waals surface area contributed by atoms with E-state index in [0.29, 0.717) is 11.3 Å². The molecule has 0 unspecified atom stereocenters. The maximum absolute atomic E-state index is 8.96. The quantitative estimate of drug-likeness (QED) is 0.787. The first kappa shape index (κ1) is 12.8. The van der Waals surface area contributed by atoms with Crippen molar-refractivity contribution >= 4 is 22.0 Å². The van der Waals surface area contributed by atoms with Crippen LogP contribution in [-0.4, -0.2) is 12.4 Å². The normalized spacial score (nSPS) is 11.0. The van der Waals surface area contributed by atoms with Crippen LogP contribution in [0.4, 0.5) is 0 Å². The lowest BCUT2D eigenvalue weighted by molar-refractivity contribution is 0.413. The van der Waals surface area contributed by atoms with Gasteiger partial charge in [-0.15, -0.1) is 0 Å². The Kier molecular flexibility index (Phi) is 5.07. The Morgan fingerprint density at radius 3 is 2.81 bits per heavy atom. The summed E-state index contributed by atoms with van der Waals surface area (Å²) in [4.78, 5) is 0. The molecule has 84 valence electrons. The van der Waals surface area contributed by atoms with Crippen LogP contribution in [-0.2, 0) is 0 Å². The van der Waals surface area contributed by atoms with E-state index in [0.717, 1.165) is 17.3 Å². The second kappa shape index (κ2) is 6.34. The molecule has 0 aliphatic carbocycles. The van der Waals surface area contributed by atoms with Crippen LogP contribution in [0.3, 0.4) is 0 Å². The average Bonchev–Trinajstić information content (AvgIpc) is 2.35. The minimum Gasteiger partial charge on any atom is -0.495 e. The molecule has 0 saturated carbocycles. The Bertz CT molecular complexity index is 426. The van der Waals surface area contributed by atoms with E-state index < -0.39 is 0 Å². The molecule has 0 heterocycles. The molecule has 1 aromatic rings. The highest BCUT2D eigenvalue weighted by atomic mass is 79.9. The molecule has 0 spiro atoms. The maximum atomic E-state index is 8.96. The van der Waals surface area contributed by atoms with E-state index >= 15 is 0 Å². The molecule has 0 bridgehead atoms. The summed E-state index contributed by atoms with van der Waals surface area (Å²) in [5.74, 6) is 0.622. The van der Waals surface area contributed by atoms with Crippen LogP contribution in [0.2, 0.25) is 0 Å². The van der Waals surface area contributed by atoms with Crippen molar-refractivity contribution < 1.29 is 4.74 Å². The molecule has 0 aromatic heterocycles. The summed E-state index contributed by atoms with van der Waals surface area (Å²) in [7, 11) is 1.57. The molecular weight excluding hydrogens is 266 g/mol. The van der Waals surface area contributed by atoms with Crippen LogP contribution in [0, 0.1) is 11.3 Å². The van der Waals surface area contributed by atoms with E-state index in [2.05, 4.69) is 35.0 Å². The van der Waals surface area contributed by atoms with Gasteiger partial charge >= 0.3 is 0 Å². The maximum Gasteiger partial charge on any atom is 0.136 e. The van der Waals surface area contributed by atoms with Crippen molar-refractivity contribution in [3.05, 3.63) is 34.9 Å². The summed E-state index contributed by atoms with van der Waals surface area (Å²) in [5.41, 5.74) is 2.91. The van der Waals surface area contributed by atoms with Crippen LogP contribution in [0.25, 0.3) is 6.08 Å². The number of methoxy groups -OCH3 is 1. The zero-order valence-electron chi connectivity index (χ0n) is 9.46. The number of nitriles is 1. The number of nitrogens with zero attached hydrogens (tertiary/aromatic N) is 1. The Hall–Kier alpha value is -1.27. The van der Waals surface area contributed by atoms with E-state index in [4.69, 9.17) is 10.00 Å². The highest BCUT2D eigenvalue weighted by Crippen LogP contribution is 2.21. The highest BCUT2D eigenvalue weighted by molar-refractivity contribution is 9.09. The molecule has 0 amide bonds. The Labute approximate surface area is 105 Å². The van der Waals surface area contributed by atoms with Gasteiger partial charge < -0.3 is 4.74 Å². The van der Waals surface area contributed by atoms with Gasteiger partial charge in [-0.05, 0) is 24.1 Å². The first-order chi connectivity index (χ1) is 7.74. The van der Waals surface area contributed by atoms with Crippen molar-refractivity contribution in [2.75, 3.05) is 12.4 Å². The van der Waals surface area contributed by atoms with E-state index in [1.54, 1.807) is 7.11 Å². The van der Waals surface area contributed by atoms with E-state index in [-0.39, 0.29) is 0 Å². The number of hydrogen-bond acceptors (Lipinski definition) is 2. The fourth-order valence-electron chi connectivity index (χ4n) is 1.37. The van der Waals surface area contributed by atoms with E-state index in [9.17, 15) is 0 Å². The molecular formula is C13H14BrNO. The number of benzene rings is 1. The Balaban J connectivity index is 3.09. The average molecular weight is 280 g/mol. The molecule has 16 heavy (non-hydrogen) atoms. The molecule has 0 aliphatic heterocycles. The van der Waals surface area contributed by atoms with Gasteiger partial charge in [0.05, 0.1) is 12.7 Å². The van der Waals surface area contributed by atoms with Crippen molar-refractivity contribution in [2.24, 2.45) is 0 Å². The molecule has 0 fully saturated rings. The van der Waals surface area contributed by atoms with Crippen LogP contribution >= 0.6 is 15.9 Å². The van der Waals surface area contributed by atoms with Gasteiger partial charge in [-0.1, -0.05) is 40.6 Å². The first-order valence-corrected chi connectivity index (χ1v) is 6.20. The van der Waals surface area contributed by atoms with Gasteiger partial charge in [-0.2, -0.15) is 5.26 Å². The summed E-state index contributed by atoms with van der Waals surface area (Å²) in [5, 5.41) is 9.82. The smallest absolute Gasteiger partial charge is 0.136 e. The Morgan fingerprint density at radius 1 is 1.56 bits per heavy atom. The van der Waals surface area contributed by atoms with Gasteiger partial charge in [0.1, 0.15) is 11.8 Å². The van der Waals surface area contributed by atoms with Gasteiger partial charge in [-0.25, -0.2) is 0 Å². The number of alkyl halides is 1. The van der Waals surface area contributed by atoms with Crippen molar-refractivity contribution in [2.45, 2.75) is 13.3 Å². The predicted molar refractivity (Wildman–Crippen MR) is 69.8 cm³/mol. The largest absolute Gasteiger partial charge is 0.495 e. The van der Waals surface area contributed by atoms with Crippen LogP contribution < -0.4 is 4.74 Å². The molecule has 0 radical (unpaired) electrons. The second-order valence-corrected chi connectivity index (χ2v) is 3.92. The molecule has 0 saturated heterocycles. The van der Waals surface area contributed by atoms with E-state index in [1.807, 2.05) is 18.2 Å². The van der Waals surface area contributed by atoms with Gasteiger partial charge in [0.25, 0.3) is 0 Å². The van der Waals surface area contributed by atoms with Crippen molar-refractivity contribution in [3.8, 4) is 11.8 Å². The SMILES string of the molecule is CCC(=Cc1ccc(OC)c(C#N)c1)CBr. The molecule has 2 nitrogen and oxygen atoms in total. The summed E-state index contributed by atoms with van der Waals surface area (Å²) in [6.07, 6.45) is 3.09. The fourth-order valence-corrected chi connectivity index (χ4v) is 1.93. The zero-order valence-corrected chi connectivity index (χ0v) is 11.0. The van der Waals surface area contributed by atoms with Gasteiger partial charge in [0.2, 0.25) is 0 Å². The monoisotopic (exact) mass is 279 g/mol. The van der Waals surface area contributed by atoms with Crippen LogP contribution in [0.5, 0.6) is 5.75 Å². The molecule has 0 atom stereocenters. The third-order valence-corrected chi connectivity index (χ3v) is 3.06. The van der Waals surface area contributed by atoms with Crippen molar-refractivity contribution in [1.29, 1.82) is 5.26 Å². The summed E-state index contributed by atoms with van der Waals surface area (Å²) >= 11 is 3.44. The summed E-state index contributed by atoms with van der Waals surface area (Å²) < 4.78 is 5.10. The number of rotatable bonds is 4. The lowest BCUT2D eigenvalue weighted by Crippen LogP contribution is -1.89. The lowest BCUT2D eigenvalue weighted by Gasteiger charge is -2.04. The van der Waals surface area contributed by atoms with Gasteiger partial charge in [-0.3, -0.25) is 0 Å². The molecule has 1 rings (SSSR count). The number of halogens is 1. The topological polar surface area (TPSA) is 33.0 Å². The second-order valence-electron chi connectivity index (χ2n) is 3.36. The van der Waals surface area contributed by atoms with Gasteiger partial charge in [0.15, 0.2) is 0 Å². The highest BCUT2D eigenvalue weighted by Gasteiger charge is 2.02. The zero-order chi connectivity index (χ0) is 12.0. The van der Waals surface area contributed by atoms with Gasteiger partial charge in [0, 0.05) is 5.33 Å². The van der Waals surface area contributed by atoms with Crippen molar-refractivity contribution in [3.63, 3.8) is 0 Å². The molecule has 3 heteroatoms. The predicted octanol–water partition coefficient (Wildman–Crippen LogP) is 3.76. The number of allylic oxidation sites excluding steroid dienone is 1.